The van der Waals surface area contributed by atoms with E-state index in [0.29, 0.717) is 5.56 Å². The van der Waals surface area contributed by atoms with Crippen LogP contribution < -0.4 is 16.1 Å². The van der Waals surface area contributed by atoms with Crippen LogP contribution in [0.2, 0.25) is 0 Å². The van der Waals surface area contributed by atoms with Crippen LogP contribution in [-0.4, -0.2) is 41.4 Å². The van der Waals surface area contributed by atoms with Crippen molar-refractivity contribution in [3.05, 3.63) is 71.0 Å². The average molecular weight is 492 g/mol. The Hall–Kier alpha value is -3.84. The molecule has 0 fully saturated rings. The zero-order chi connectivity index (χ0) is 26.6. The van der Waals surface area contributed by atoms with Crippen LogP contribution in [0, 0.1) is 17.7 Å². The van der Waals surface area contributed by atoms with Gasteiger partial charge in [0.2, 0.25) is 12.3 Å². The minimum absolute atomic E-state index is 0.106. The molecule has 35 heavy (non-hydrogen) atoms. The molecule has 188 valence electrons. The number of carbonyl (C=O) groups is 3. The third-order valence-corrected chi connectivity index (χ3v) is 5.15. The Morgan fingerprint density at radius 3 is 2.06 bits per heavy atom. The lowest BCUT2D eigenvalue weighted by Gasteiger charge is -2.35. The first-order chi connectivity index (χ1) is 16.4. The molecule has 0 aromatic heterocycles. The predicted octanol–water partition coefficient (Wildman–Crippen LogP) is 3.38. The third kappa shape index (κ3) is 9.14. The van der Waals surface area contributed by atoms with Gasteiger partial charge >= 0.3 is 0 Å². The molecule has 0 radical (unpaired) electrons. The highest BCUT2D eigenvalue weighted by atomic mass is 19.3. The van der Waals surface area contributed by atoms with Gasteiger partial charge in [-0.1, -0.05) is 24.0 Å². The summed E-state index contributed by atoms with van der Waals surface area (Å²) in [5.41, 5.74) is 1.20. The number of rotatable bonds is 7. The summed E-state index contributed by atoms with van der Waals surface area (Å²) in [6.07, 6.45) is -2.69. The second kappa shape index (κ2) is 13.8. The van der Waals surface area contributed by atoms with E-state index in [1.807, 2.05) is 6.92 Å². The van der Waals surface area contributed by atoms with E-state index in [1.54, 1.807) is 36.4 Å². The fourth-order valence-electron chi connectivity index (χ4n) is 2.89. The van der Waals surface area contributed by atoms with E-state index in [4.69, 9.17) is 10.0 Å². The van der Waals surface area contributed by atoms with Gasteiger partial charge in [0.1, 0.15) is 11.4 Å². The van der Waals surface area contributed by atoms with Crippen molar-refractivity contribution in [2.75, 3.05) is 0 Å². The van der Waals surface area contributed by atoms with Crippen molar-refractivity contribution in [2.45, 2.75) is 51.6 Å². The maximum Gasteiger partial charge on any atom is 0.262 e. The third-order valence-electron chi connectivity index (χ3n) is 5.15. The van der Waals surface area contributed by atoms with Gasteiger partial charge in [0.25, 0.3) is 12.3 Å². The Morgan fingerprint density at radius 1 is 1.06 bits per heavy atom. The van der Waals surface area contributed by atoms with Crippen molar-refractivity contribution in [1.29, 1.82) is 0 Å². The fourth-order valence-corrected chi connectivity index (χ4v) is 2.89. The lowest BCUT2D eigenvalue weighted by Crippen LogP contribution is -2.63. The first-order valence-corrected chi connectivity index (χ1v) is 10.5. The molecule has 7 nitrogen and oxygen atoms in total. The van der Waals surface area contributed by atoms with E-state index in [0.717, 1.165) is 12.5 Å². The molecular weight excluding hydrogens is 463 g/mol. The Balaban J connectivity index is 0.00000142. The molecule has 0 spiro atoms. The molecular formula is C25H28F3N3O4. The van der Waals surface area contributed by atoms with E-state index in [9.17, 15) is 22.8 Å². The normalized spacial score (nSPS) is 13.5. The molecule has 2 aromatic carbocycles. The van der Waals surface area contributed by atoms with Gasteiger partial charge in [0.05, 0.1) is 6.04 Å². The number of amides is 3. The Kier molecular flexibility index (Phi) is 11.5. The van der Waals surface area contributed by atoms with Gasteiger partial charge in [0.15, 0.2) is 0 Å². The van der Waals surface area contributed by atoms with Crippen LogP contribution in [0.3, 0.4) is 0 Å². The monoisotopic (exact) mass is 491 g/mol. The van der Waals surface area contributed by atoms with Gasteiger partial charge in [0, 0.05) is 24.0 Å². The number of alkyl halides is 2. The van der Waals surface area contributed by atoms with Crippen LogP contribution in [0.15, 0.2) is 48.5 Å². The molecule has 3 unspecified atom stereocenters. The van der Waals surface area contributed by atoms with Gasteiger partial charge in [-0.3, -0.25) is 19.6 Å². The van der Waals surface area contributed by atoms with Gasteiger partial charge in [-0.2, -0.15) is 0 Å². The molecule has 4 N–H and O–H groups in total. The van der Waals surface area contributed by atoms with Gasteiger partial charge < -0.3 is 10.6 Å². The average Bonchev–Trinajstić information content (AvgIpc) is 2.82. The van der Waals surface area contributed by atoms with Gasteiger partial charge in [-0.25, -0.2) is 18.7 Å². The van der Waals surface area contributed by atoms with Crippen LogP contribution in [0.25, 0.3) is 0 Å². The van der Waals surface area contributed by atoms with E-state index < -0.39 is 29.8 Å². The quantitative estimate of drug-likeness (QED) is 0.206. The van der Waals surface area contributed by atoms with Crippen molar-refractivity contribution in [3.8, 4) is 11.8 Å². The zero-order valence-electron chi connectivity index (χ0n) is 19.7. The first-order valence-electron chi connectivity index (χ1n) is 10.5. The summed E-state index contributed by atoms with van der Waals surface area (Å²) in [6, 6.07) is 11.5. The first kappa shape index (κ1) is 29.2. The van der Waals surface area contributed by atoms with Crippen molar-refractivity contribution in [2.24, 2.45) is 0 Å². The molecule has 3 amide bonds. The molecule has 0 aliphatic rings. The maximum atomic E-state index is 13.5. The SMILES string of the molecule is CC(=O)NC(C)(C(F)F)C(C)NC(=O)c1ccc(C#CC(C)c2ccc(F)cc2)cc1.O=CNO. The number of hydrogen-bond acceptors (Lipinski definition) is 4. The number of halogens is 3. The molecule has 0 aliphatic carbocycles. The number of nitrogens with one attached hydrogen (secondary N) is 3. The highest BCUT2D eigenvalue weighted by Crippen LogP contribution is 2.20. The molecule has 0 saturated carbocycles. The fraction of sp³-hybridized carbons (Fsp3) is 0.320. The van der Waals surface area contributed by atoms with Crippen LogP contribution >= 0.6 is 0 Å². The molecule has 2 rings (SSSR count). The zero-order valence-corrected chi connectivity index (χ0v) is 19.7. The molecule has 3 atom stereocenters. The van der Waals surface area contributed by atoms with Crippen molar-refractivity contribution < 1.29 is 32.8 Å². The van der Waals surface area contributed by atoms with Crippen molar-refractivity contribution in [1.82, 2.24) is 16.1 Å². The summed E-state index contributed by atoms with van der Waals surface area (Å²) in [5.74, 6) is 4.51. The number of hydrogen-bond donors (Lipinski definition) is 4. The largest absolute Gasteiger partial charge is 0.347 e. The molecule has 0 heterocycles. The minimum Gasteiger partial charge on any atom is -0.347 e. The standard InChI is InChI=1S/C24H25F3N2O2.CH3NO2/c1-15(19-11-13-21(25)14-12-19)5-6-18-7-9-20(10-8-18)22(31)28-16(2)24(4,23(26)27)29-17(3)30;3-1-2-4/h7-16,23H,1-4H3,(H,28,31)(H,29,30);1,4H,(H,2,3). The summed E-state index contributed by atoms with van der Waals surface area (Å²) in [5, 5.41) is 12.0. The van der Waals surface area contributed by atoms with Gasteiger partial charge in [-0.05, 0) is 62.7 Å². The van der Waals surface area contributed by atoms with Crippen LogP contribution in [-0.2, 0) is 9.59 Å². The smallest absolute Gasteiger partial charge is 0.262 e. The molecule has 2 aromatic rings. The topological polar surface area (TPSA) is 108 Å². The minimum atomic E-state index is -2.87. The predicted molar refractivity (Wildman–Crippen MR) is 124 cm³/mol. The summed E-state index contributed by atoms with van der Waals surface area (Å²) in [4.78, 5) is 32.6. The maximum absolute atomic E-state index is 13.5. The van der Waals surface area contributed by atoms with Gasteiger partial charge in [-0.15, -0.1) is 0 Å². The van der Waals surface area contributed by atoms with Crippen LogP contribution in [0.1, 0.15) is 55.1 Å². The Morgan fingerprint density at radius 2 is 1.60 bits per heavy atom. The Labute approximate surface area is 202 Å². The van der Waals surface area contributed by atoms with E-state index >= 15 is 0 Å². The van der Waals surface area contributed by atoms with Crippen LogP contribution in [0.4, 0.5) is 13.2 Å². The van der Waals surface area contributed by atoms with Crippen molar-refractivity contribution in [3.63, 3.8) is 0 Å². The highest BCUT2D eigenvalue weighted by Gasteiger charge is 2.42. The number of hydroxylamine groups is 1. The number of carbonyl (C=O) groups excluding carboxylic acids is 3. The summed E-state index contributed by atoms with van der Waals surface area (Å²) >= 11 is 0. The second-order valence-corrected chi connectivity index (χ2v) is 7.83. The van der Waals surface area contributed by atoms with Crippen molar-refractivity contribution >= 4 is 18.2 Å². The molecule has 10 heteroatoms. The van der Waals surface area contributed by atoms with E-state index in [1.165, 1.54) is 31.5 Å². The van der Waals surface area contributed by atoms with E-state index in [-0.39, 0.29) is 23.7 Å². The highest BCUT2D eigenvalue weighted by molar-refractivity contribution is 5.94. The second-order valence-electron chi connectivity index (χ2n) is 7.83. The molecule has 0 aliphatic heterocycles. The molecule has 0 saturated heterocycles. The van der Waals surface area contributed by atoms with E-state index in [2.05, 4.69) is 22.5 Å². The Bertz CT molecular complexity index is 1050. The lowest BCUT2D eigenvalue weighted by atomic mass is 9.93. The lowest BCUT2D eigenvalue weighted by molar-refractivity contribution is -0.123. The van der Waals surface area contributed by atoms with Crippen LogP contribution in [0.5, 0.6) is 0 Å². The number of benzene rings is 2. The summed E-state index contributed by atoms with van der Waals surface area (Å²) in [6.45, 7) is 5.64. The summed E-state index contributed by atoms with van der Waals surface area (Å²) in [7, 11) is 0. The molecule has 0 bridgehead atoms. The summed E-state index contributed by atoms with van der Waals surface area (Å²) < 4.78 is 40.0.